The summed E-state index contributed by atoms with van der Waals surface area (Å²) in [6.07, 6.45) is -1.38. The quantitative estimate of drug-likeness (QED) is 0.441. The van der Waals surface area contributed by atoms with Crippen molar-refractivity contribution in [2.75, 3.05) is 20.8 Å². The van der Waals surface area contributed by atoms with Gasteiger partial charge >= 0.3 is 6.18 Å². The smallest absolute Gasteiger partial charge is 0.405 e. The number of pyridine rings is 1. The van der Waals surface area contributed by atoms with E-state index in [4.69, 9.17) is 14.7 Å². The summed E-state index contributed by atoms with van der Waals surface area (Å²) < 4.78 is 50.0. The first-order valence-corrected chi connectivity index (χ1v) is 10.2. The molecule has 35 heavy (non-hydrogen) atoms. The number of hydrogen-bond acceptors (Lipinski definition) is 6. The number of hydrogen-bond donors (Lipinski definition) is 1. The second kappa shape index (κ2) is 9.34. The fraction of sp³-hybridized carbons (Fsp3) is 0.167. The van der Waals surface area contributed by atoms with Crippen molar-refractivity contribution in [1.29, 1.82) is 5.26 Å². The maximum absolute atomic E-state index is 12.6. The number of fused-ring (bicyclic) bond motifs is 1. The lowest BCUT2D eigenvalue weighted by Gasteiger charge is -2.16. The van der Waals surface area contributed by atoms with E-state index < -0.39 is 18.6 Å². The standard InChI is InChI=1S/C24H18F3N5O3/c1-34-20-8-17(9-21(35-2)22(20)23(33)30-12-24(25,26)27)32-13-31-18-7-14(4-6-19(18)32)15-3-5-16(10-28)29-11-15/h3-9,11,13H,12H2,1-2H3,(H,30,33). The first kappa shape index (κ1) is 23.6. The van der Waals surface area contributed by atoms with Gasteiger partial charge in [-0.15, -0.1) is 0 Å². The number of nitriles is 1. The fourth-order valence-electron chi connectivity index (χ4n) is 3.56. The molecule has 1 amide bonds. The lowest BCUT2D eigenvalue weighted by Crippen LogP contribution is -2.34. The van der Waals surface area contributed by atoms with Crippen molar-refractivity contribution in [1.82, 2.24) is 19.9 Å². The number of methoxy groups -OCH3 is 2. The summed E-state index contributed by atoms with van der Waals surface area (Å²) in [5.41, 5.74) is 3.76. The second-order valence-electron chi connectivity index (χ2n) is 7.39. The van der Waals surface area contributed by atoms with Crippen LogP contribution in [0.1, 0.15) is 16.1 Å². The number of amides is 1. The largest absolute Gasteiger partial charge is 0.496 e. The van der Waals surface area contributed by atoms with E-state index in [1.807, 2.05) is 29.6 Å². The predicted molar refractivity (Wildman–Crippen MR) is 121 cm³/mol. The van der Waals surface area contributed by atoms with Crippen LogP contribution in [0.2, 0.25) is 0 Å². The number of carbonyl (C=O) groups excluding carboxylic acids is 1. The zero-order valence-electron chi connectivity index (χ0n) is 18.6. The first-order valence-electron chi connectivity index (χ1n) is 10.2. The number of benzene rings is 2. The van der Waals surface area contributed by atoms with Crippen molar-refractivity contribution in [2.24, 2.45) is 0 Å². The SMILES string of the molecule is COc1cc(-n2cnc3cc(-c4ccc(C#N)nc4)ccc32)cc(OC)c1C(=O)NCC(F)(F)F. The van der Waals surface area contributed by atoms with Crippen LogP contribution in [0.25, 0.3) is 27.8 Å². The minimum Gasteiger partial charge on any atom is -0.496 e. The van der Waals surface area contributed by atoms with Crippen LogP contribution in [-0.4, -0.2) is 47.4 Å². The normalized spacial score (nSPS) is 11.2. The van der Waals surface area contributed by atoms with Crippen LogP contribution in [0.4, 0.5) is 13.2 Å². The molecule has 11 heteroatoms. The Morgan fingerprint density at radius 3 is 2.31 bits per heavy atom. The highest BCUT2D eigenvalue weighted by molar-refractivity contribution is 6.00. The molecule has 0 radical (unpaired) electrons. The van der Waals surface area contributed by atoms with E-state index in [9.17, 15) is 18.0 Å². The number of nitrogens with one attached hydrogen (secondary N) is 1. The van der Waals surface area contributed by atoms with Gasteiger partial charge in [-0.3, -0.25) is 9.36 Å². The Balaban J connectivity index is 1.72. The minimum atomic E-state index is -4.56. The Morgan fingerprint density at radius 1 is 1.06 bits per heavy atom. The van der Waals surface area contributed by atoms with Crippen LogP contribution >= 0.6 is 0 Å². The monoisotopic (exact) mass is 481 g/mol. The van der Waals surface area contributed by atoms with E-state index >= 15 is 0 Å². The van der Waals surface area contributed by atoms with Gasteiger partial charge in [0.25, 0.3) is 5.91 Å². The number of carbonyl (C=O) groups is 1. The van der Waals surface area contributed by atoms with E-state index in [0.29, 0.717) is 16.9 Å². The molecule has 2 aromatic heterocycles. The molecule has 0 unspecified atom stereocenters. The molecule has 0 aliphatic rings. The fourth-order valence-corrected chi connectivity index (χ4v) is 3.56. The highest BCUT2D eigenvalue weighted by atomic mass is 19.4. The topological polar surface area (TPSA) is 102 Å². The maximum atomic E-state index is 12.6. The molecule has 0 aliphatic carbocycles. The van der Waals surface area contributed by atoms with Crippen LogP contribution in [-0.2, 0) is 0 Å². The van der Waals surface area contributed by atoms with Crippen LogP contribution < -0.4 is 14.8 Å². The molecule has 0 bridgehead atoms. The summed E-state index contributed by atoms with van der Waals surface area (Å²) in [4.78, 5) is 21.0. The summed E-state index contributed by atoms with van der Waals surface area (Å²) in [6.45, 7) is -1.48. The molecule has 0 saturated carbocycles. The Morgan fingerprint density at radius 2 is 1.74 bits per heavy atom. The molecule has 1 N–H and O–H groups in total. The predicted octanol–water partition coefficient (Wildman–Crippen LogP) is 4.27. The van der Waals surface area contributed by atoms with E-state index in [2.05, 4.69) is 9.97 Å². The van der Waals surface area contributed by atoms with E-state index in [0.717, 1.165) is 16.6 Å². The molecule has 0 fully saturated rings. The molecule has 4 rings (SSSR count). The number of ether oxygens (including phenoxy) is 2. The summed E-state index contributed by atoms with van der Waals surface area (Å²) in [6, 6.07) is 14.0. The zero-order chi connectivity index (χ0) is 25.2. The van der Waals surface area contributed by atoms with Gasteiger partial charge in [-0.1, -0.05) is 6.07 Å². The van der Waals surface area contributed by atoms with Crippen LogP contribution in [0.15, 0.2) is 55.0 Å². The third-order valence-electron chi connectivity index (χ3n) is 5.20. The summed E-state index contributed by atoms with van der Waals surface area (Å²) >= 11 is 0. The van der Waals surface area contributed by atoms with Gasteiger partial charge in [0.15, 0.2) is 0 Å². The highest BCUT2D eigenvalue weighted by Crippen LogP contribution is 2.34. The lowest BCUT2D eigenvalue weighted by atomic mass is 10.1. The van der Waals surface area contributed by atoms with Crippen molar-refractivity contribution in [3.05, 3.63) is 66.2 Å². The Bertz CT molecular complexity index is 1410. The zero-order valence-corrected chi connectivity index (χ0v) is 18.6. The molecule has 2 aromatic carbocycles. The highest BCUT2D eigenvalue weighted by Gasteiger charge is 2.30. The van der Waals surface area contributed by atoms with E-state index in [1.54, 1.807) is 29.2 Å². The van der Waals surface area contributed by atoms with Crippen molar-refractivity contribution >= 4 is 16.9 Å². The Kier molecular flexibility index (Phi) is 6.29. The average molecular weight is 481 g/mol. The summed E-state index contributed by atoms with van der Waals surface area (Å²) in [5, 5.41) is 10.8. The van der Waals surface area contributed by atoms with Crippen LogP contribution in [0.5, 0.6) is 11.5 Å². The molecular weight excluding hydrogens is 463 g/mol. The van der Waals surface area contributed by atoms with Crippen molar-refractivity contribution in [3.8, 4) is 34.4 Å². The van der Waals surface area contributed by atoms with Gasteiger partial charge in [0.05, 0.1) is 30.9 Å². The Hall–Kier alpha value is -4.59. The van der Waals surface area contributed by atoms with Gasteiger partial charge in [0.1, 0.15) is 41.7 Å². The van der Waals surface area contributed by atoms with E-state index in [-0.39, 0.29) is 17.1 Å². The third kappa shape index (κ3) is 4.86. The van der Waals surface area contributed by atoms with Gasteiger partial charge in [-0.2, -0.15) is 18.4 Å². The van der Waals surface area contributed by atoms with Gasteiger partial charge in [-0.25, -0.2) is 9.97 Å². The molecule has 0 spiro atoms. The van der Waals surface area contributed by atoms with Crippen molar-refractivity contribution in [3.63, 3.8) is 0 Å². The summed E-state index contributed by atoms with van der Waals surface area (Å²) in [5.74, 6) is -0.888. The van der Waals surface area contributed by atoms with Gasteiger partial charge in [-0.05, 0) is 29.8 Å². The number of nitrogens with zero attached hydrogens (tertiary/aromatic N) is 4. The van der Waals surface area contributed by atoms with Gasteiger partial charge in [0.2, 0.25) is 0 Å². The number of alkyl halides is 3. The molecular formula is C24H18F3N5O3. The van der Waals surface area contributed by atoms with Crippen LogP contribution in [0, 0.1) is 11.3 Å². The number of rotatable bonds is 6. The summed E-state index contributed by atoms with van der Waals surface area (Å²) in [7, 11) is 2.62. The third-order valence-corrected chi connectivity index (χ3v) is 5.20. The molecule has 178 valence electrons. The maximum Gasteiger partial charge on any atom is 0.405 e. The average Bonchev–Trinajstić information content (AvgIpc) is 3.29. The van der Waals surface area contributed by atoms with Gasteiger partial charge in [0, 0.05) is 23.9 Å². The minimum absolute atomic E-state index is 0.0427. The number of halogens is 3. The number of aromatic nitrogens is 3. The molecule has 2 heterocycles. The number of imidazole rings is 1. The van der Waals surface area contributed by atoms with Crippen molar-refractivity contribution in [2.45, 2.75) is 6.18 Å². The van der Waals surface area contributed by atoms with Crippen LogP contribution in [0.3, 0.4) is 0 Å². The van der Waals surface area contributed by atoms with E-state index in [1.165, 1.54) is 26.4 Å². The van der Waals surface area contributed by atoms with Gasteiger partial charge < -0.3 is 14.8 Å². The molecule has 0 atom stereocenters. The first-order chi connectivity index (χ1) is 16.7. The molecule has 0 aliphatic heterocycles. The van der Waals surface area contributed by atoms with Crippen molar-refractivity contribution < 1.29 is 27.4 Å². The lowest BCUT2D eigenvalue weighted by molar-refractivity contribution is -0.123. The molecule has 0 saturated heterocycles. The molecule has 8 nitrogen and oxygen atoms in total. The molecule has 4 aromatic rings. The Labute approximate surface area is 197 Å². The second-order valence-corrected chi connectivity index (χ2v) is 7.39.